The summed E-state index contributed by atoms with van der Waals surface area (Å²) in [4.78, 5) is 41.8. The summed E-state index contributed by atoms with van der Waals surface area (Å²) >= 11 is 6.34. The van der Waals surface area contributed by atoms with Crippen LogP contribution in [0.5, 0.6) is 11.5 Å². The van der Waals surface area contributed by atoms with Gasteiger partial charge in [0, 0.05) is 38.1 Å². The Balaban J connectivity index is 1.62. The fourth-order valence-corrected chi connectivity index (χ4v) is 4.58. The molecule has 1 aliphatic heterocycles. The first-order chi connectivity index (χ1) is 18.0. The number of nitrogens with one attached hydrogen (secondary N) is 1. The van der Waals surface area contributed by atoms with E-state index in [1.807, 2.05) is 34.9 Å². The Labute approximate surface area is 220 Å². The molecule has 3 aromatic rings. The molecule has 2 unspecified atom stereocenters. The lowest BCUT2D eigenvalue weighted by Crippen LogP contribution is -2.60. The van der Waals surface area contributed by atoms with E-state index in [9.17, 15) is 9.59 Å². The van der Waals surface area contributed by atoms with Crippen molar-refractivity contribution in [2.24, 2.45) is 0 Å². The lowest BCUT2D eigenvalue weighted by molar-refractivity contribution is -0.124. The van der Waals surface area contributed by atoms with E-state index in [0.717, 1.165) is 11.8 Å². The van der Waals surface area contributed by atoms with Crippen LogP contribution in [0.15, 0.2) is 43.0 Å². The van der Waals surface area contributed by atoms with Crippen LogP contribution < -0.4 is 19.7 Å². The second-order valence-electron chi connectivity index (χ2n) is 8.54. The molecule has 1 saturated heterocycles. The summed E-state index contributed by atoms with van der Waals surface area (Å²) in [5.41, 5.74) is 0.896. The second-order valence-corrected chi connectivity index (χ2v) is 8.93. The van der Waals surface area contributed by atoms with Crippen molar-refractivity contribution in [3.63, 3.8) is 0 Å². The fraction of sp³-hybridized carbons (Fsp3) is 0.400. The average molecular weight is 528 g/mol. The van der Waals surface area contributed by atoms with Gasteiger partial charge in [-0.15, -0.1) is 0 Å². The molecular weight excluding hydrogens is 498 g/mol. The minimum absolute atomic E-state index is 0.184. The van der Waals surface area contributed by atoms with E-state index in [2.05, 4.69) is 20.3 Å². The standard InChI is InChI=1S/C25H30ClN7O4/c1-4-18(17-5-6-20(36-2)21(13-17)37-3)28-24(35)19-15-31(11-12-34)9-10-33(19)23-14-22(26)29-25(30-23)32-8-7-27-16-32/h5-8,12-14,16,18-19H,4,9-11,15H2,1-3H3,(H,28,35). The highest BCUT2D eigenvalue weighted by molar-refractivity contribution is 6.29. The molecule has 0 bridgehead atoms. The van der Waals surface area contributed by atoms with Crippen molar-refractivity contribution in [3.8, 4) is 17.4 Å². The summed E-state index contributed by atoms with van der Waals surface area (Å²) in [6.45, 7) is 3.68. The van der Waals surface area contributed by atoms with E-state index in [-0.39, 0.29) is 23.6 Å². The maximum atomic E-state index is 13.7. The highest BCUT2D eigenvalue weighted by Gasteiger charge is 2.34. The van der Waals surface area contributed by atoms with Gasteiger partial charge in [-0.05, 0) is 24.1 Å². The first kappa shape index (κ1) is 26.4. The number of imidazole rings is 1. The number of rotatable bonds is 10. The van der Waals surface area contributed by atoms with Gasteiger partial charge in [0.15, 0.2) is 11.5 Å². The van der Waals surface area contributed by atoms with Crippen LogP contribution in [-0.4, -0.2) is 83.1 Å². The predicted molar refractivity (Wildman–Crippen MR) is 139 cm³/mol. The van der Waals surface area contributed by atoms with Crippen molar-refractivity contribution in [2.75, 3.05) is 45.3 Å². The summed E-state index contributed by atoms with van der Waals surface area (Å²) in [6, 6.07) is 6.38. The van der Waals surface area contributed by atoms with Crippen LogP contribution >= 0.6 is 11.6 Å². The molecule has 0 saturated carbocycles. The van der Waals surface area contributed by atoms with Crippen molar-refractivity contribution in [1.29, 1.82) is 0 Å². The van der Waals surface area contributed by atoms with Crippen molar-refractivity contribution in [2.45, 2.75) is 25.4 Å². The van der Waals surface area contributed by atoms with Crippen LogP contribution in [0.1, 0.15) is 24.9 Å². The molecule has 37 heavy (non-hydrogen) atoms. The van der Waals surface area contributed by atoms with Crippen LogP contribution in [0.25, 0.3) is 5.95 Å². The highest BCUT2D eigenvalue weighted by atomic mass is 35.5. The first-order valence-electron chi connectivity index (χ1n) is 11.9. The number of benzene rings is 1. The molecule has 1 aromatic carbocycles. The van der Waals surface area contributed by atoms with Gasteiger partial charge in [0.05, 0.1) is 26.8 Å². The van der Waals surface area contributed by atoms with Gasteiger partial charge in [0.2, 0.25) is 11.9 Å². The van der Waals surface area contributed by atoms with Gasteiger partial charge >= 0.3 is 0 Å². The molecule has 0 spiro atoms. The summed E-state index contributed by atoms with van der Waals surface area (Å²) in [6.07, 6.45) is 6.43. The summed E-state index contributed by atoms with van der Waals surface area (Å²) in [5, 5.41) is 3.43. The molecule has 3 heterocycles. The van der Waals surface area contributed by atoms with Gasteiger partial charge in [-0.2, -0.15) is 4.98 Å². The Morgan fingerprint density at radius 3 is 2.70 bits per heavy atom. The van der Waals surface area contributed by atoms with Crippen molar-refractivity contribution in [3.05, 3.63) is 53.7 Å². The molecule has 0 aliphatic carbocycles. The van der Waals surface area contributed by atoms with Crippen LogP contribution in [0.4, 0.5) is 5.82 Å². The number of piperazine rings is 1. The summed E-state index contributed by atoms with van der Waals surface area (Å²) in [7, 11) is 3.16. The third-order valence-corrected chi connectivity index (χ3v) is 6.53. The number of amides is 1. The minimum Gasteiger partial charge on any atom is -0.493 e. The molecule has 2 aromatic heterocycles. The van der Waals surface area contributed by atoms with E-state index < -0.39 is 6.04 Å². The SMILES string of the molecule is CCC(NC(=O)C1CN(CC=O)CCN1c1cc(Cl)nc(-n2ccnc2)n1)c1ccc(OC)c(OC)c1. The number of ether oxygens (including phenoxy) is 2. The molecule has 2 atom stereocenters. The number of hydrogen-bond donors (Lipinski definition) is 1. The molecule has 0 radical (unpaired) electrons. The number of hydrogen-bond acceptors (Lipinski definition) is 9. The summed E-state index contributed by atoms with van der Waals surface area (Å²) < 4.78 is 12.4. The Hall–Kier alpha value is -3.70. The van der Waals surface area contributed by atoms with Gasteiger partial charge in [-0.25, -0.2) is 9.97 Å². The normalized spacial score (nSPS) is 16.8. The predicted octanol–water partition coefficient (Wildman–Crippen LogP) is 2.29. The zero-order chi connectivity index (χ0) is 26.4. The number of anilines is 1. The zero-order valence-corrected chi connectivity index (χ0v) is 21.8. The van der Waals surface area contributed by atoms with E-state index in [1.54, 1.807) is 43.6 Å². The van der Waals surface area contributed by atoms with E-state index in [4.69, 9.17) is 21.1 Å². The average Bonchev–Trinajstić information content (AvgIpc) is 3.46. The summed E-state index contributed by atoms with van der Waals surface area (Å²) in [5.74, 6) is 1.90. The number of nitrogens with zero attached hydrogens (tertiary/aromatic N) is 6. The number of carbonyl (C=O) groups excluding carboxylic acids is 2. The van der Waals surface area contributed by atoms with E-state index in [1.165, 1.54) is 0 Å². The Morgan fingerprint density at radius 2 is 2.03 bits per heavy atom. The second kappa shape index (κ2) is 12.0. The van der Waals surface area contributed by atoms with Crippen molar-refractivity contribution < 1.29 is 19.1 Å². The Morgan fingerprint density at radius 1 is 1.22 bits per heavy atom. The van der Waals surface area contributed by atoms with Gasteiger partial charge in [0.25, 0.3) is 0 Å². The smallest absolute Gasteiger partial charge is 0.244 e. The third kappa shape index (κ3) is 6.00. The van der Waals surface area contributed by atoms with Crippen LogP contribution in [-0.2, 0) is 9.59 Å². The number of methoxy groups -OCH3 is 2. The Bertz CT molecular complexity index is 1220. The monoisotopic (exact) mass is 527 g/mol. The van der Waals surface area contributed by atoms with Crippen molar-refractivity contribution in [1.82, 2.24) is 29.7 Å². The molecule has 11 nitrogen and oxygen atoms in total. The maximum Gasteiger partial charge on any atom is 0.244 e. The van der Waals surface area contributed by atoms with Crippen LogP contribution in [0.2, 0.25) is 5.15 Å². The molecule has 12 heteroatoms. The molecule has 1 amide bonds. The Kier molecular flexibility index (Phi) is 8.57. The van der Waals surface area contributed by atoms with Gasteiger partial charge in [0.1, 0.15) is 29.6 Å². The quantitative estimate of drug-likeness (QED) is 0.313. The highest BCUT2D eigenvalue weighted by Crippen LogP contribution is 2.31. The van der Waals surface area contributed by atoms with E-state index in [0.29, 0.717) is 49.3 Å². The fourth-order valence-electron chi connectivity index (χ4n) is 4.40. The molecule has 196 valence electrons. The molecule has 1 aliphatic rings. The van der Waals surface area contributed by atoms with Crippen molar-refractivity contribution >= 4 is 29.6 Å². The zero-order valence-electron chi connectivity index (χ0n) is 21.0. The van der Waals surface area contributed by atoms with Crippen LogP contribution in [0.3, 0.4) is 0 Å². The maximum absolute atomic E-state index is 13.7. The molecule has 1 fully saturated rings. The van der Waals surface area contributed by atoms with Gasteiger partial charge < -0.3 is 24.5 Å². The van der Waals surface area contributed by atoms with Gasteiger partial charge in [-0.3, -0.25) is 14.3 Å². The number of halogens is 1. The third-order valence-electron chi connectivity index (χ3n) is 6.33. The number of aromatic nitrogens is 4. The lowest BCUT2D eigenvalue weighted by Gasteiger charge is -2.41. The first-order valence-corrected chi connectivity index (χ1v) is 12.3. The largest absolute Gasteiger partial charge is 0.493 e. The van der Waals surface area contributed by atoms with E-state index >= 15 is 0 Å². The number of carbonyl (C=O) groups is 2. The molecular formula is C25H30ClN7O4. The van der Waals surface area contributed by atoms with Gasteiger partial charge in [-0.1, -0.05) is 24.6 Å². The lowest BCUT2D eigenvalue weighted by atomic mass is 10.0. The van der Waals surface area contributed by atoms with Crippen LogP contribution in [0, 0.1) is 0 Å². The topological polar surface area (TPSA) is 115 Å². The minimum atomic E-state index is -0.607. The number of aldehydes is 1. The molecule has 1 N–H and O–H groups in total. The molecule has 4 rings (SSSR count).